The van der Waals surface area contributed by atoms with Gasteiger partial charge in [-0.1, -0.05) is 41.7 Å². The molecular weight excluding hydrogens is 291 g/mol. The van der Waals surface area contributed by atoms with Gasteiger partial charge < -0.3 is 5.32 Å². The molecule has 90 valence electrons. The number of aromatic nitrogens is 1. The summed E-state index contributed by atoms with van der Waals surface area (Å²) in [5, 5.41) is 3.88. The Balaban J connectivity index is 2.60. The fourth-order valence-corrected chi connectivity index (χ4v) is 2.18. The fraction of sp³-hybridized carbons (Fsp3) is 0.444. The third-order valence-corrected chi connectivity index (χ3v) is 4.10. The number of nitrogens with zero attached hydrogens (tertiary/aromatic N) is 1. The minimum Gasteiger partial charge on any atom is -0.368 e. The van der Waals surface area contributed by atoms with E-state index >= 15 is 0 Å². The van der Waals surface area contributed by atoms with Crippen molar-refractivity contribution in [3.63, 3.8) is 0 Å². The minimum absolute atomic E-state index is 0.199. The molecule has 3 nitrogen and oxygen atoms in total. The first-order chi connectivity index (χ1) is 7.54. The SMILES string of the molecule is CCS(=O)CCNc1nc(Cl)c(Cl)cc1Cl. The van der Waals surface area contributed by atoms with Crippen LogP contribution >= 0.6 is 34.8 Å². The predicted molar refractivity (Wildman–Crippen MR) is 71.3 cm³/mol. The molecule has 1 unspecified atom stereocenters. The van der Waals surface area contributed by atoms with Gasteiger partial charge >= 0.3 is 0 Å². The molecule has 1 rings (SSSR count). The molecule has 0 spiro atoms. The number of anilines is 1. The maximum absolute atomic E-state index is 11.2. The molecule has 0 bridgehead atoms. The number of pyridine rings is 1. The number of nitrogens with one attached hydrogen (secondary N) is 1. The zero-order valence-electron chi connectivity index (χ0n) is 8.60. The van der Waals surface area contributed by atoms with Crippen molar-refractivity contribution in [2.75, 3.05) is 23.4 Å². The summed E-state index contributed by atoms with van der Waals surface area (Å²) >= 11 is 17.4. The van der Waals surface area contributed by atoms with Gasteiger partial charge in [-0.15, -0.1) is 0 Å². The lowest BCUT2D eigenvalue weighted by molar-refractivity contribution is 0.684. The van der Waals surface area contributed by atoms with Gasteiger partial charge in [0, 0.05) is 28.9 Å². The zero-order chi connectivity index (χ0) is 12.1. The molecule has 1 heterocycles. The Morgan fingerprint density at radius 3 is 2.69 bits per heavy atom. The Bertz CT molecular complexity index is 401. The Labute approximate surface area is 112 Å². The molecule has 1 aromatic heterocycles. The van der Waals surface area contributed by atoms with Gasteiger partial charge in [0.2, 0.25) is 0 Å². The van der Waals surface area contributed by atoms with E-state index in [-0.39, 0.29) is 5.15 Å². The first-order valence-electron chi connectivity index (χ1n) is 4.65. The predicted octanol–water partition coefficient (Wildman–Crippen LogP) is 3.22. The highest BCUT2D eigenvalue weighted by atomic mass is 35.5. The lowest BCUT2D eigenvalue weighted by Crippen LogP contribution is -2.13. The molecule has 0 aliphatic rings. The third kappa shape index (κ3) is 4.09. The average Bonchev–Trinajstić information content (AvgIpc) is 2.25. The second-order valence-corrected chi connectivity index (χ2v) is 5.99. The molecule has 1 aromatic rings. The quantitative estimate of drug-likeness (QED) is 0.849. The van der Waals surface area contributed by atoms with E-state index in [9.17, 15) is 4.21 Å². The van der Waals surface area contributed by atoms with E-state index in [1.807, 2.05) is 6.92 Å². The topological polar surface area (TPSA) is 42.0 Å². The van der Waals surface area contributed by atoms with Crippen LogP contribution in [0.1, 0.15) is 6.92 Å². The van der Waals surface area contributed by atoms with Gasteiger partial charge in [0.25, 0.3) is 0 Å². The Morgan fingerprint density at radius 2 is 2.06 bits per heavy atom. The maximum Gasteiger partial charge on any atom is 0.150 e. The monoisotopic (exact) mass is 300 g/mol. The lowest BCUT2D eigenvalue weighted by Gasteiger charge is -2.07. The summed E-state index contributed by atoms with van der Waals surface area (Å²) in [6.07, 6.45) is 0. The van der Waals surface area contributed by atoms with Crippen LogP contribution in [0.15, 0.2) is 6.07 Å². The highest BCUT2D eigenvalue weighted by Crippen LogP contribution is 2.28. The van der Waals surface area contributed by atoms with Gasteiger partial charge in [0.05, 0.1) is 10.0 Å². The lowest BCUT2D eigenvalue weighted by atomic mass is 10.4. The van der Waals surface area contributed by atoms with Crippen molar-refractivity contribution in [1.82, 2.24) is 4.98 Å². The van der Waals surface area contributed by atoms with Gasteiger partial charge in [0.1, 0.15) is 11.0 Å². The summed E-state index contributed by atoms with van der Waals surface area (Å²) in [6.45, 7) is 2.41. The van der Waals surface area contributed by atoms with E-state index in [0.717, 1.165) is 0 Å². The molecule has 7 heteroatoms. The summed E-state index contributed by atoms with van der Waals surface area (Å²) in [7, 11) is -0.809. The summed E-state index contributed by atoms with van der Waals surface area (Å²) in [4.78, 5) is 3.99. The van der Waals surface area contributed by atoms with Crippen molar-refractivity contribution in [2.45, 2.75) is 6.92 Å². The summed E-state index contributed by atoms with van der Waals surface area (Å²) in [5.74, 6) is 1.66. The van der Waals surface area contributed by atoms with E-state index in [0.29, 0.717) is 33.9 Å². The van der Waals surface area contributed by atoms with Gasteiger partial charge in [-0.05, 0) is 6.07 Å². The smallest absolute Gasteiger partial charge is 0.150 e. The van der Waals surface area contributed by atoms with Crippen LogP contribution in [0, 0.1) is 0 Å². The van der Waals surface area contributed by atoms with E-state index < -0.39 is 10.8 Å². The van der Waals surface area contributed by atoms with Crippen molar-refractivity contribution in [2.24, 2.45) is 0 Å². The summed E-state index contributed by atoms with van der Waals surface area (Å²) in [5.41, 5.74) is 0. The van der Waals surface area contributed by atoms with Crippen LogP contribution in [-0.2, 0) is 10.8 Å². The fourth-order valence-electron chi connectivity index (χ4n) is 0.996. The molecule has 0 aliphatic carbocycles. The highest BCUT2D eigenvalue weighted by Gasteiger charge is 2.07. The Kier molecular flexibility index (Phi) is 5.83. The molecule has 0 fully saturated rings. The standard InChI is InChI=1S/C9H11Cl3N2OS/c1-2-16(15)4-3-13-9-7(11)5-6(10)8(12)14-9/h5H,2-4H2,1H3,(H,13,14). The molecule has 0 saturated carbocycles. The third-order valence-electron chi connectivity index (χ3n) is 1.83. The van der Waals surface area contributed by atoms with Crippen LogP contribution in [0.4, 0.5) is 5.82 Å². The van der Waals surface area contributed by atoms with Crippen molar-refractivity contribution in [3.05, 3.63) is 21.3 Å². The van der Waals surface area contributed by atoms with Crippen molar-refractivity contribution >= 4 is 51.4 Å². The second kappa shape index (κ2) is 6.64. The van der Waals surface area contributed by atoms with Crippen LogP contribution < -0.4 is 5.32 Å². The number of rotatable bonds is 5. The average molecular weight is 302 g/mol. The van der Waals surface area contributed by atoms with Crippen LogP contribution in [0.5, 0.6) is 0 Å². The second-order valence-electron chi connectivity index (χ2n) is 2.95. The molecule has 1 atom stereocenters. The first kappa shape index (κ1) is 14.0. The van der Waals surface area contributed by atoms with Gasteiger partial charge in [0.15, 0.2) is 0 Å². The summed E-state index contributed by atoms with van der Waals surface area (Å²) < 4.78 is 11.2. The molecule has 0 aliphatic heterocycles. The van der Waals surface area contributed by atoms with Crippen LogP contribution in [-0.4, -0.2) is 27.2 Å². The molecule has 0 aromatic carbocycles. The van der Waals surface area contributed by atoms with Gasteiger partial charge in [-0.3, -0.25) is 4.21 Å². The van der Waals surface area contributed by atoms with E-state index in [2.05, 4.69) is 10.3 Å². The Morgan fingerprint density at radius 1 is 1.38 bits per heavy atom. The van der Waals surface area contributed by atoms with E-state index in [1.165, 1.54) is 6.07 Å². The number of hydrogen-bond acceptors (Lipinski definition) is 3. The van der Waals surface area contributed by atoms with Crippen LogP contribution in [0.3, 0.4) is 0 Å². The largest absolute Gasteiger partial charge is 0.368 e. The Hall–Kier alpha value is -0.0300. The van der Waals surface area contributed by atoms with Crippen molar-refractivity contribution in [1.29, 1.82) is 0 Å². The molecule has 0 amide bonds. The van der Waals surface area contributed by atoms with Gasteiger partial charge in [-0.25, -0.2) is 4.98 Å². The number of hydrogen-bond donors (Lipinski definition) is 1. The molecule has 16 heavy (non-hydrogen) atoms. The van der Waals surface area contributed by atoms with Crippen molar-refractivity contribution in [3.8, 4) is 0 Å². The maximum atomic E-state index is 11.2. The van der Waals surface area contributed by atoms with E-state index in [1.54, 1.807) is 0 Å². The van der Waals surface area contributed by atoms with E-state index in [4.69, 9.17) is 34.8 Å². The van der Waals surface area contributed by atoms with Crippen LogP contribution in [0.25, 0.3) is 0 Å². The minimum atomic E-state index is -0.809. The zero-order valence-corrected chi connectivity index (χ0v) is 11.7. The highest BCUT2D eigenvalue weighted by molar-refractivity contribution is 7.84. The summed E-state index contributed by atoms with van der Waals surface area (Å²) in [6, 6.07) is 1.53. The van der Waals surface area contributed by atoms with Crippen molar-refractivity contribution < 1.29 is 4.21 Å². The normalized spacial score (nSPS) is 12.5. The number of halogens is 3. The van der Waals surface area contributed by atoms with Gasteiger partial charge in [-0.2, -0.15) is 0 Å². The molecule has 0 radical (unpaired) electrons. The first-order valence-corrected chi connectivity index (χ1v) is 7.27. The molecular formula is C9H11Cl3N2OS. The molecule has 1 N–H and O–H groups in total. The molecule has 0 saturated heterocycles. The van der Waals surface area contributed by atoms with Crippen LogP contribution in [0.2, 0.25) is 15.2 Å².